The van der Waals surface area contributed by atoms with E-state index in [1.54, 1.807) is 0 Å². The lowest BCUT2D eigenvalue weighted by atomic mass is 9.99. The summed E-state index contributed by atoms with van der Waals surface area (Å²) in [5.41, 5.74) is 2.63. The Kier molecular flexibility index (Phi) is 6.33. The highest BCUT2D eigenvalue weighted by atomic mass is 16.5. The number of piperidine rings is 1. The van der Waals surface area contributed by atoms with Crippen LogP contribution >= 0.6 is 0 Å². The first kappa shape index (κ1) is 20.4. The van der Waals surface area contributed by atoms with Crippen molar-refractivity contribution in [2.24, 2.45) is 5.92 Å². The number of ether oxygens (including phenoxy) is 1. The van der Waals surface area contributed by atoms with Gasteiger partial charge in [-0.05, 0) is 61.7 Å². The van der Waals surface area contributed by atoms with Crippen LogP contribution < -0.4 is 15.0 Å². The monoisotopic (exact) mass is 407 g/mol. The summed E-state index contributed by atoms with van der Waals surface area (Å²) in [5.74, 6) is 1.13. The maximum atomic E-state index is 12.6. The largest absolute Gasteiger partial charge is 0.491 e. The zero-order valence-corrected chi connectivity index (χ0v) is 17.5. The second kappa shape index (κ2) is 9.30. The molecule has 0 saturated carbocycles. The highest BCUT2D eigenvalue weighted by Gasteiger charge is 2.25. The first-order valence-electron chi connectivity index (χ1n) is 10.7. The smallest absolute Gasteiger partial charge is 0.244 e. The highest BCUT2D eigenvalue weighted by molar-refractivity contribution is 6.03. The van der Waals surface area contributed by atoms with Crippen LogP contribution in [0.25, 0.3) is 0 Å². The Morgan fingerprint density at radius 3 is 2.60 bits per heavy atom. The number of benzene rings is 2. The van der Waals surface area contributed by atoms with Crippen LogP contribution in [0.4, 0.5) is 11.4 Å². The third-order valence-electron chi connectivity index (χ3n) is 5.85. The van der Waals surface area contributed by atoms with Gasteiger partial charge in [-0.15, -0.1) is 0 Å². The van der Waals surface area contributed by atoms with E-state index in [1.807, 2.05) is 36.4 Å². The van der Waals surface area contributed by atoms with Crippen LogP contribution in [0, 0.1) is 5.92 Å². The van der Waals surface area contributed by atoms with Gasteiger partial charge in [0, 0.05) is 12.2 Å². The average Bonchev–Trinajstić information content (AvgIpc) is 2.90. The van der Waals surface area contributed by atoms with Crippen LogP contribution in [-0.2, 0) is 16.1 Å². The molecule has 2 heterocycles. The first-order valence-corrected chi connectivity index (χ1v) is 10.7. The van der Waals surface area contributed by atoms with Crippen LogP contribution in [0.5, 0.6) is 5.75 Å². The van der Waals surface area contributed by atoms with Crippen molar-refractivity contribution >= 4 is 23.2 Å². The summed E-state index contributed by atoms with van der Waals surface area (Å²) in [5, 5.41) is 2.91. The van der Waals surface area contributed by atoms with Crippen molar-refractivity contribution in [3.63, 3.8) is 0 Å². The number of nitrogens with one attached hydrogen (secondary N) is 1. The summed E-state index contributed by atoms with van der Waals surface area (Å²) in [4.78, 5) is 29.1. The normalized spacial score (nSPS) is 17.8. The number of rotatable bonds is 5. The molecule has 2 aliphatic rings. The molecule has 2 aromatic rings. The fourth-order valence-electron chi connectivity index (χ4n) is 4.01. The number of para-hydroxylation sites is 2. The molecule has 0 atom stereocenters. The lowest BCUT2D eigenvalue weighted by molar-refractivity contribution is -0.121. The lowest BCUT2D eigenvalue weighted by Crippen LogP contribution is -2.37. The quantitative estimate of drug-likeness (QED) is 0.822. The van der Waals surface area contributed by atoms with E-state index in [-0.39, 0.29) is 24.8 Å². The molecule has 1 saturated heterocycles. The number of hydrogen-bond acceptors (Lipinski definition) is 4. The zero-order valence-electron chi connectivity index (χ0n) is 17.5. The van der Waals surface area contributed by atoms with E-state index in [9.17, 15) is 9.59 Å². The summed E-state index contributed by atoms with van der Waals surface area (Å²) in [6.45, 7) is 5.85. The molecule has 1 fully saturated rings. The Bertz CT molecular complexity index is 889. The molecule has 0 spiro atoms. The molecule has 2 amide bonds. The van der Waals surface area contributed by atoms with Crippen molar-refractivity contribution in [1.82, 2.24) is 4.90 Å². The van der Waals surface area contributed by atoms with Crippen molar-refractivity contribution in [2.45, 2.75) is 32.7 Å². The van der Waals surface area contributed by atoms with E-state index in [2.05, 4.69) is 29.3 Å². The van der Waals surface area contributed by atoms with E-state index in [0.717, 1.165) is 31.2 Å². The summed E-state index contributed by atoms with van der Waals surface area (Å²) < 4.78 is 5.63. The molecule has 6 heteroatoms. The molecular formula is C24H29N3O3. The van der Waals surface area contributed by atoms with Gasteiger partial charge in [-0.2, -0.15) is 0 Å². The van der Waals surface area contributed by atoms with Gasteiger partial charge in [-0.3, -0.25) is 19.4 Å². The Morgan fingerprint density at radius 1 is 1.10 bits per heavy atom. The van der Waals surface area contributed by atoms with Crippen molar-refractivity contribution in [1.29, 1.82) is 0 Å². The third-order valence-corrected chi connectivity index (χ3v) is 5.85. The molecule has 0 aliphatic carbocycles. The molecule has 30 heavy (non-hydrogen) atoms. The number of carbonyl (C=O) groups is 2. The van der Waals surface area contributed by atoms with E-state index in [4.69, 9.17) is 4.74 Å². The van der Waals surface area contributed by atoms with Gasteiger partial charge in [0.1, 0.15) is 12.3 Å². The Morgan fingerprint density at radius 2 is 1.83 bits per heavy atom. The van der Waals surface area contributed by atoms with E-state index >= 15 is 0 Å². The van der Waals surface area contributed by atoms with Crippen molar-refractivity contribution < 1.29 is 14.3 Å². The minimum Gasteiger partial charge on any atom is -0.491 e. The molecule has 2 aromatic carbocycles. The second-order valence-corrected chi connectivity index (χ2v) is 8.25. The Hall–Kier alpha value is -2.86. The van der Waals surface area contributed by atoms with Gasteiger partial charge < -0.3 is 10.1 Å². The fraction of sp³-hybridized carbons (Fsp3) is 0.417. The van der Waals surface area contributed by atoms with E-state index in [0.29, 0.717) is 18.0 Å². The number of amides is 2. The topological polar surface area (TPSA) is 61.9 Å². The number of fused-ring (bicyclic) bond motifs is 1. The Balaban J connectivity index is 1.35. The summed E-state index contributed by atoms with van der Waals surface area (Å²) >= 11 is 0. The second-order valence-electron chi connectivity index (χ2n) is 8.25. The van der Waals surface area contributed by atoms with Gasteiger partial charge in [0.15, 0.2) is 0 Å². The molecule has 158 valence electrons. The van der Waals surface area contributed by atoms with E-state index < -0.39 is 0 Å². The molecule has 0 bridgehead atoms. The van der Waals surface area contributed by atoms with Crippen LogP contribution in [0.1, 0.15) is 31.7 Å². The molecule has 1 N–H and O–H groups in total. The average molecular weight is 408 g/mol. The maximum Gasteiger partial charge on any atom is 0.244 e. The molecule has 0 aromatic heterocycles. The minimum atomic E-state index is -0.224. The van der Waals surface area contributed by atoms with Gasteiger partial charge in [0.2, 0.25) is 11.8 Å². The van der Waals surface area contributed by atoms with Gasteiger partial charge in [-0.25, -0.2) is 0 Å². The van der Waals surface area contributed by atoms with E-state index in [1.165, 1.54) is 23.3 Å². The summed E-state index contributed by atoms with van der Waals surface area (Å²) in [7, 11) is 0. The molecular weight excluding hydrogens is 378 g/mol. The van der Waals surface area contributed by atoms with Crippen molar-refractivity contribution in [3.8, 4) is 5.75 Å². The fourth-order valence-corrected chi connectivity index (χ4v) is 4.01. The van der Waals surface area contributed by atoms with Gasteiger partial charge in [0.25, 0.3) is 0 Å². The minimum absolute atomic E-state index is 0.0348. The highest BCUT2D eigenvalue weighted by Crippen LogP contribution is 2.30. The number of hydrogen-bond donors (Lipinski definition) is 1. The number of likely N-dealkylation sites (tertiary alicyclic amines) is 1. The molecule has 4 rings (SSSR count). The Labute approximate surface area is 177 Å². The molecule has 0 radical (unpaired) electrons. The summed E-state index contributed by atoms with van der Waals surface area (Å²) in [6, 6.07) is 15.3. The number of nitrogens with zero attached hydrogens (tertiary/aromatic N) is 2. The standard InChI is InChI=1S/C24H29N3O3/c1-18-10-13-26(14-11-18)16-19-6-8-20(9-7-19)25-23(28)17-27-21-4-2-3-5-22(21)30-15-12-24(27)29/h2-9,18H,10-17H2,1H3,(H,25,28). The van der Waals surface area contributed by atoms with Crippen molar-refractivity contribution in [2.75, 3.05) is 36.5 Å². The van der Waals surface area contributed by atoms with Crippen LogP contribution in [0.3, 0.4) is 0 Å². The first-order chi connectivity index (χ1) is 14.6. The third kappa shape index (κ3) is 5.00. The van der Waals surface area contributed by atoms with Crippen LogP contribution in [-0.4, -0.2) is 43.0 Å². The van der Waals surface area contributed by atoms with Crippen molar-refractivity contribution in [3.05, 3.63) is 54.1 Å². The lowest BCUT2D eigenvalue weighted by Gasteiger charge is -2.30. The number of anilines is 2. The molecule has 6 nitrogen and oxygen atoms in total. The van der Waals surface area contributed by atoms with Gasteiger partial charge in [-0.1, -0.05) is 31.2 Å². The number of carbonyl (C=O) groups excluding carboxylic acids is 2. The SMILES string of the molecule is CC1CCN(Cc2ccc(NC(=O)CN3C(=O)CCOc4ccccc43)cc2)CC1. The van der Waals surface area contributed by atoms with Gasteiger partial charge >= 0.3 is 0 Å². The zero-order chi connectivity index (χ0) is 20.9. The maximum absolute atomic E-state index is 12.6. The molecule has 0 unspecified atom stereocenters. The molecule has 2 aliphatic heterocycles. The predicted molar refractivity (Wildman–Crippen MR) is 118 cm³/mol. The van der Waals surface area contributed by atoms with Gasteiger partial charge in [0.05, 0.1) is 18.7 Å². The van der Waals surface area contributed by atoms with Crippen LogP contribution in [0.15, 0.2) is 48.5 Å². The predicted octanol–water partition coefficient (Wildman–Crippen LogP) is 3.67. The summed E-state index contributed by atoms with van der Waals surface area (Å²) in [6.07, 6.45) is 2.78. The van der Waals surface area contributed by atoms with Crippen LogP contribution in [0.2, 0.25) is 0 Å².